The van der Waals surface area contributed by atoms with Crippen molar-refractivity contribution in [3.8, 4) is 0 Å². The van der Waals surface area contributed by atoms with E-state index >= 15 is 0 Å². The van der Waals surface area contributed by atoms with E-state index in [2.05, 4.69) is 12.2 Å². The zero-order valence-electron chi connectivity index (χ0n) is 17.1. The summed E-state index contributed by atoms with van der Waals surface area (Å²) in [6.45, 7) is 2.97. The number of rotatable bonds is 12. The molecule has 3 heteroatoms. The molecule has 0 aliphatic rings. The topological polar surface area (TPSA) is 55.1 Å². The number of benzene rings is 2. The van der Waals surface area contributed by atoms with Crippen LogP contribution in [0, 0.1) is 0 Å². The predicted molar refractivity (Wildman–Crippen MR) is 120 cm³/mol. The Bertz CT molecular complexity index is 737. The molecule has 0 bridgehead atoms. The molecule has 1 amide bonds. The molecule has 28 heavy (non-hydrogen) atoms. The van der Waals surface area contributed by atoms with E-state index in [1.165, 1.54) is 44.9 Å². The fourth-order valence-electron chi connectivity index (χ4n) is 3.31. The minimum atomic E-state index is -0.0516. The Morgan fingerprint density at radius 1 is 0.857 bits per heavy atom. The molecular weight excluding hydrogens is 344 g/mol. The van der Waals surface area contributed by atoms with E-state index in [0.29, 0.717) is 5.69 Å². The molecule has 0 radical (unpaired) electrons. The van der Waals surface area contributed by atoms with Crippen LogP contribution in [0.1, 0.15) is 69.4 Å². The van der Waals surface area contributed by atoms with Crippen molar-refractivity contribution >= 4 is 17.2 Å². The van der Waals surface area contributed by atoms with Gasteiger partial charge in [-0.15, -0.1) is 0 Å². The summed E-state index contributed by atoms with van der Waals surface area (Å²) in [5.74, 6) is -0.0516. The van der Waals surface area contributed by atoms with Gasteiger partial charge in [0, 0.05) is 18.3 Å². The van der Waals surface area contributed by atoms with Gasteiger partial charge in [0.1, 0.15) is 0 Å². The molecule has 2 rings (SSSR count). The van der Waals surface area contributed by atoms with Crippen LogP contribution in [-0.2, 0) is 4.79 Å². The van der Waals surface area contributed by atoms with Crippen molar-refractivity contribution in [2.45, 2.75) is 58.3 Å². The van der Waals surface area contributed by atoms with E-state index in [1.807, 2.05) is 54.6 Å². The van der Waals surface area contributed by atoms with Crippen molar-refractivity contribution in [2.24, 2.45) is 0 Å². The normalized spacial score (nSPS) is 11.4. The van der Waals surface area contributed by atoms with Gasteiger partial charge in [0.25, 0.3) is 0 Å². The number of carbonyl (C=O) groups excluding carboxylic acids is 1. The maximum absolute atomic E-state index is 12.5. The molecule has 0 aliphatic heterocycles. The lowest BCUT2D eigenvalue weighted by molar-refractivity contribution is -0.116. The summed E-state index contributed by atoms with van der Waals surface area (Å²) in [7, 11) is 0. The number of unbranched alkanes of at least 4 members (excludes halogenated alkanes) is 7. The number of nitrogens with one attached hydrogen (secondary N) is 1. The summed E-state index contributed by atoms with van der Waals surface area (Å²) in [6.07, 6.45) is 11.8. The first-order chi connectivity index (χ1) is 13.7. The van der Waals surface area contributed by atoms with Gasteiger partial charge < -0.3 is 11.1 Å². The van der Waals surface area contributed by atoms with Crippen molar-refractivity contribution < 1.29 is 4.79 Å². The minimum absolute atomic E-state index is 0.0516. The molecule has 0 heterocycles. The van der Waals surface area contributed by atoms with E-state index in [1.54, 1.807) is 6.08 Å². The molecule has 0 saturated heterocycles. The lowest BCUT2D eigenvalue weighted by Gasteiger charge is -2.10. The van der Waals surface area contributed by atoms with E-state index in [9.17, 15) is 4.79 Å². The monoisotopic (exact) mass is 378 g/mol. The van der Waals surface area contributed by atoms with E-state index in [-0.39, 0.29) is 5.91 Å². The Balaban J connectivity index is 1.87. The highest BCUT2D eigenvalue weighted by Crippen LogP contribution is 2.24. The Morgan fingerprint density at radius 3 is 2.18 bits per heavy atom. The van der Waals surface area contributed by atoms with Crippen LogP contribution in [0.5, 0.6) is 0 Å². The van der Waals surface area contributed by atoms with E-state index in [0.717, 1.165) is 29.7 Å². The van der Waals surface area contributed by atoms with Gasteiger partial charge in [0.05, 0.1) is 0 Å². The first kappa shape index (κ1) is 21.7. The summed E-state index contributed by atoms with van der Waals surface area (Å²) >= 11 is 0. The highest BCUT2D eigenvalue weighted by molar-refractivity contribution is 5.99. The van der Waals surface area contributed by atoms with Gasteiger partial charge >= 0.3 is 0 Å². The standard InChI is InChI=1S/C25H34N2O/c1-2-3-4-5-6-7-8-12-18-27-25(28)20-24(21-14-10-9-11-15-21)22-16-13-17-23(26)19-22/h9-11,13-17,19-20H,2-8,12,18,26H2,1H3,(H,27,28)/b24-20-. The van der Waals surface area contributed by atoms with Crippen molar-refractivity contribution in [2.75, 3.05) is 12.3 Å². The Labute approximate surface area is 170 Å². The average Bonchev–Trinajstić information content (AvgIpc) is 2.71. The molecule has 150 valence electrons. The average molecular weight is 379 g/mol. The summed E-state index contributed by atoms with van der Waals surface area (Å²) in [4.78, 5) is 12.5. The third-order valence-electron chi connectivity index (χ3n) is 4.89. The molecule has 3 nitrogen and oxygen atoms in total. The fraction of sp³-hybridized carbons (Fsp3) is 0.400. The van der Waals surface area contributed by atoms with Crippen LogP contribution in [0.15, 0.2) is 60.7 Å². The molecule has 0 aliphatic carbocycles. The second-order valence-corrected chi connectivity index (χ2v) is 7.32. The lowest BCUT2D eigenvalue weighted by Crippen LogP contribution is -2.22. The van der Waals surface area contributed by atoms with Crippen LogP contribution in [0.4, 0.5) is 5.69 Å². The van der Waals surface area contributed by atoms with Crippen molar-refractivity contribution in [3.05, 3.63) is 71.8 Å². The molecule has 3 N–H and O–H groups in total. The first-order valence-corrected chi connectivity index (χ1v) is 10.6. The lowest BCUT2D eigenvalue weighted by atomic mass is 9.97. The van der Waals surface area contributed by atoms with Crippen LogP contribution in [0.3, 0.4) is 0 Å². The summed E-state index contributed by atoms with van der Waals surface area (Å²) in [5, 5.41) is 3.03. The van der Waals surface area contributed by atoms with Crippen LogP contribution < -0.4 is 11.1 Å². The number of nitrogens with two attached hydrogens (primary N) is 1. The van der Waals surface area contributed by atoms with Gasteiger partial charge in [-0.2, -0.15) is 0 Å². The second-order valence-electron chi connectivity index (χ2n) is 7.32. The van der Waals surface area contributed by atoms with E-state index in [4.69, 9.17) is 5.73 Å². The molecule has 0 unspecified atom stereocenters. The van der Waals surface area contributed by atoms with Gasteiger partial charge in [-0.05, 0) is 35.3 Å². The Morgan fingerprint density at radius 2 is 1.50 bits per heavy atom. The number of hydrogen-bond donors (Lipinski definition) is 2. The Hall–Kier alpha value is -2.55. The minimum Gasteiger partial charge on any atom is -0.399 e. The third-order valence-corrected chi connectivity index (χ3v) is 4.89. The van der Waals surface area contributed by atoms with Gasteiger partial charge in [-0.3, -0.25) is 4.79 Å². The summed E-state index contributed by atoms with van der Waals surface area (Å²) in [6, 6.07) is 17.6. The van der Waals surface area contributed by atoms with Crippen molar-refractivity contribution in [1.29, 1.82) is 0 Å². The number of carbonyl (C=O) groups is 1. The first-order valence-electron chi connectivity index (χ1n) is 10.6. The van der Waals surface area contributed by atoms with Crippen LogP contribution in [-0.4, -0.2) is 12.5 Å². The zero-order valence-corrected chi connectivity index (χ0v) is 17.1. The van der Waals surface area contributed by atoms with E-state index < -0.39 is 0 Å². The van der Waals surface area contributed by atoms with Gasteiger partial charge in [0.15, 0.2) is 0 Å². The van der Waals surface area contributed by atoms with Crippen LogP contribution in [0.25, 0.3) is 5.57 Å². The molecule has 0 spiro atoms. The number of anilines is 1. The van der Waals surface area contributed by atoms with Crippen molar-refractivity contribution in [1.82, 2.24) is 5.32 Å². The van der Waals surface area contributed by atoms with Gasteiger partial charge in [-0.1, -0.05) is 94.3 Å². The zero-order chi connectivity index (χ0) is 20.0. The predicted octanol–water partition coefficient (Wildman–Crippen LogP) is 5.96. The highest BCUT2D eigenvalue weighted by Gasteiger charge is 2.08. The maximum Gasteiger partial charge on any atom is 0.244 e. The maximum atomic E-state index is 12.5. The molecular formula is C25H34N2O. The number of amides is 1. The molecule has 0 fully saturated rings. The van der Waals surface area contributed by atoms with Gasteiger partial charge in [0.2, 0.25) is 5.91 Å². The number of hydrogen-bond acceptors (Lipinski definition) is 2. The van der Waals surface area contributed by atoms with Crippen molar-refractivity contribution in [3.63, 3.8) is 0 Å². The van der Waals surface area contributed by atoms with Crippen LogP contribution in [0.2, 0.25) is 0 Å². The second kappa shape index (κ2) is 12.8. The molecule has 0 saturated carbocycles. The quantitative estimate of drug-likeness (QED) is 0.272. The molecule has 0 aromatic heterocycles. The fourth-order valence-corrected chi connectivity index (χ4v) is 3.31. The Kier molecular flexibility index (Phi) is 9.92. The largest absolute Gasteiger partial charge is 0.399 e. The van der Waals surface area contributed by atoms with Gasteiger partial charge in [-0.25, -0.2) is 0 Å². The molecule has 2 aromatic rings. The highest BCUT2D eigenvalue weighted by atomic mass is 16.1. The number of nitrogen functional groups attached to an aromatic ring is 1. The SMILES string of the molecule is CCCCCCCCCCNC(=O)/C=C(/c1ccccc1)c1cccc(N)c1. The third kappa shape index (κ3) is 7.99. The summed E-state index contributed by atoms with van der Waals surface area (Å²) in [5.41, 5.74) is 9.49. The summed E-state index contributed by atoms with van der Waals surface area (Å²) < 4.78 is 0. The van der Waals surface area contributed by atoms with Crippen LogP contribution >= 0.6 is 0 Å². The molecule has 0 atom stereocenters. The smallest absolute Gasteiger partial charge is 0.244 e. The molecule has 2 aromatic carbocycles.